The highest BCUT2D eigenvalue weighted by molar-refractivity contribution is 6.76. The van der Waals surface area contributed by atoms with Crippen molar-refractivity contribution in [2.24, 2.45) is 0 Å². The van der Waals surface area contributed by atoms with E-state index in [9.17, 15) is 0 Å². The molecule has 0 saturated carbocycles. The molecule has 1 aromatic carbocycles. The van der Waals surface area contributed by atoms with E-state index in [1.165, 1.54) is 34.3 Å². The maximum Gasteiger partial charge on any atom is 0.147 e. The average Bonchev–Trinajstić information content (AvgIpc) is 2.28. The van der Waals surface area contributed by atoms with E-state index in [0.29, 0.717) is 0 Å². The van der Waals surface area contributed by atoms with Crippen molar-refractivity contribution in [2.45, 2.75) is 39.5 Å². The van der Waals surface area contributed by atoms with Gasteiger partial charge in [0, 0.05) is 8.07 Å². The van der Waals surface area contributed by atoms with Crippen LogP contribution in [-0.4, -0.2) is 19.4 Å². The highest BCUT2D eigenvalue weighted by Crippen LogP contribution is 2.28. The highest BCUT2D eigenvalue weighted by atomic mass is 28.3. The number of benzene rings is 1. The molecule has 2 heteroatoms. The fourth-order valence-corrected chi connectivity index (χ4v) is 4.09. The predicted octanol–water partition coefficient (Wildman–Crippen LogP) is 4.69. The second-order valence-corrected chi connectivity index (χ2v) is 12.4. The summed E-state index contributed by atoms with van der Waals surface area (Å²) in [6, 6.07) is 8.97. The molecular formula is C18H25NSi. The van der Waals surface area contributed by atoms with Crippen LogP contribution >= 0.6 is 0 Å². The molecule has 1 aliphatic heterocycles. The van der Waals surface area contributed by atoms with E-state index in [-0.39, 0.29) is 0 Å². The van der Waals surface area contributed by atoms with E-state index in [2.05, 4.69) is 76.8 Å². The van der Waals surface area contributed by atoms with Crippen LogP contribution in [0.1, 0.15) is 16.7 Å². The Balaban J connectivity index is 2.23. The van der Waals surface area contributed by atoms with Crippen LogP contribution in [0.4, 0.5) is 0 Å². The van der Waals surface area contributed by atoms with E-state index in [0.717, 1.165) is 0 Å². The Morgan fingerprint density at radius 2 is 1.90 bits per heavy atom. The Hall–Kier alpha value is -1.54. The van der Waals surface area contributed by atoms with Crippen LogP contribution in [0, 0.1) is 19.9 Å². The van der Waals surface area contributed by atoms with Gasteiger partial charge in [0.1, 0.15) is 12.2 Å². The molecule has 0 radical (unpaired) electrons. The standard InChI is InChI=1S/C18H25NSi/c1-14-7-9-17(15(2)11-14)18-10-8-16(12-19(18)3)13-20(4,5)6/h7-12H,3,13H2,1-2,4-6H3. The van der Waals surface area contributed by atoms with Crippen molar-refractivity contribution < 1.29 is 4.58 Å². The Kier molecular flexibility index (Phi) is 4.05. The zero-order valence-electron chi connectivity index (χ0n) is 13.3. The summed E-state index contributed by atoms with van der Waals surface area (Å²) < 4.78 is 2.02. The maximum absolute atomic E-state index is 4.18. The van der Waals surface area contributed by atoms with Gasteiger partial charge in [-0.3, -0.25) is 4.58 Å². The van der Waals surface area contributed by atoms with Gasteiger partial charge >= 0.3 is 0 Å². The third-order valence-corrected chi connectivity index (χ3v) is 4.95. The Bertz CT molecular complexity index is 588. The molecule has 106 valence electrons. The molecule has 0 bridgehead atoms. The van der Waals surface area contributed by atoms with Gasteiger partial charge in [0.25, 0.3) is 0 Å². The number of aryl methyl sites for hydroxylation is 2. The smallest absolute Gasteiger partial charge is 0.147 e. The van der Waals surface area contributed by atoms with E-state index in [1.54, 1.807) is 0 Å². The first-order valence-corrected chi connectivity index (χ1v) is 10.9. The second-order valence-electron chi connectivity index (χ2n) is 6.95. The van der Waals surface area contributed by atoms with Gasteiger partial charge in [-0.25, -0.2) is 0 Å². The van der Waals surface area contributed by atoms with E-state index in [4.69, 9.17) is 0 Å². The van der Waals surface area contributed by atoms with E-state index < -0.39 is 8.07 Å². The second kappa shape index (κ2) is 5.45. The highest BCUT2D eigenvalue weighted by Gasteiger charge is 2.21. The maximum atomic E-state index is 4.18. The fourth-order valence-electron chi connectivity index (χ4n) is 2.66. The largest absolute Gasteiger partial charge is 0.255 e. The Labute approximate surface area is 124 Å². The molecular weight excluding hydrogens is 258 g/mol. The van der Waals surface area contributed by atoms with E-state index >= 15 is 0 Å². The molecule has 1 aromatic rings. The third-order valence-electron chi connectivity index (χ3n) is 3.48. The normalized spacial score (nSPS) is 15.6. The molecule has 0 atom stereocenters. The molecule has 20 heavy (non-hydrogen) atoms. The summed E-state index contributed by atoms with van der Waals surface area (Å²) in [4.78, 5) is 0. The van der Waals surface area contributed by atoms with Crippen molar-refractivity contribution in [3.8, 4) is 0 Å². The quantitative estimate of drug-likeness (QED) is 0.430. The van der Waals surface area contributed by atoms with Crippen molar-refractivity contribution >= 4 is 14.8 Å². The van der Waals surface area contributed by atoms with Gasteiger partial charge < -0.3 is 0 Å². The van der Waals surface area contributed by atoms with E-state index in [1.807, 2.05) is 4.58 Å². The fraction of sp³-hybridized carbons (Fsp3) is 0.333. The monoisotopic (exact) mass is 283 g/mol. The number of hydrogen-bond donors (Lipinski definition) is 0. The first-order chi connectivity index (χ1) is 9.26. The number of hydrogen-bond acceptors (Lipinski definition) is 0. The molecule has 0 amide bonds. The van der Waals surface area contributed by atoms with Crippen LogP contribution in [-0.2, 0) is 0 Å². The molecule has 0 spiro atoms. The third kappa shape index (κ3) is 3.51. The van der Waals surface area contributed by atoms with Crippen LogP contribution in [0.3, 0.4) is 0 Å². The summed E-state index contributed by atoms with van der Waals surface area (Å²) in [6.45, 7) is 15.7. The van der Waals surface area contributed by atoms with Gasteiger partial charge in [-0.1, -0.05) is 49.8 Å². The first-order valence-electron chi connectivity index (χ1n) is 7.19. The molecule has 0 fully saturated rings. The topological polar surface area (TPSA) is 3.01 Å². The summed E-state index contributed by atoms with van der Waals surface area (Å²) in [5.74, 6) is 0. The average molecular weight is 283 g/mol. The molecule has 0 aliphatic carbocycles. The van der Waals surface area contributed by atoms with Gasteiger partial charge in [0.2, 0.25) is 0 Å². The lowest BCUT2D eigenvalue weighted by Crippen LogP contribution is -2.22. The van der Waals surface area contributed by atoms with Crippen LogP contribution in [0.2, 0.25) is 25.7 Å². The molecule has 0 unspecified atom stereocenters. The summed E-state index contributed by atoms with van der Waals surface area (Å²) in [6.07, 6.45) is 6.65. The molecule has 1 nitrogen and oxygen atoms in total. The molecule has 1 heterocycles. The molecule has 1 aliphatic rings. The summed E-state index contributed by atoms with van der Waals surface area (Å²) >= 11 is 0. The molecule has 0 saturated heterocycles. The van der Waals surface area contributed by atoms with Gasteiger partial charge in [-0.15, -0.1) is 12.1 Å². The lowest BCUT2D eigenvalue weighted by atomic mass is 9.97. The Morgan fingerprint density at radius 3 is 2.45 bits per heavy atom. The Morgan fingerprint density at radius 1 is 1.20 bits per heavy atom. The molecule has 2 rings (SSSR count). The zero-order valence-corrected chi connectivity index (χ0v) is 14.3. The van der Waals surface area contributed by atoms with Crippen LogP contribution in [0.5, 0.6) is 0 Å². The predicted molar refractivity (Wildman–Crippen MR) is 91.0 cm³/mol. The first kappa shape index (κ1) is 14.9. The summed E-state index contributed by atoms with van der Waals surface area (Å²) in [5, 5.41) is 0. The van der Waals surface area contributed by atoms with Crippen molar-refractivity contribution in [1.82, 2.24) is 0 Å². The minimum atomic E-state index is -1.08. The van der Waals surface area contributed by atoms with Crippen LogP contribution in [0.25, 0.3) is 0 Å². The number of rotatable bonds is 3. The number of nitrogens with zero attached hydrogens (tertiary/aromatic N) is 1. The van der Waals surface area contributed by atoms with Crippen molar-refractivity contribution in [2.75, 3.05) is 0 Å². The molecule has 0 N–H and O–H groups in total. The minimum absolute atomic E-state index is 1.08. The SMILES string of the molecule is C=[N+]1C=C(C[Si](C)(C)C)C=C[C-]1c1ccc(C)cc1C. The van der Waals surface area contributed by atoms with Crippen molar-refractivity contribution in [3.63, 3.8) is 0 Å². The van der Waals surface area contributed by atoms with Crippen LogP contribution in [0.15, 0.2) is 42.1 Å². The lowest BCUT2D eigenvalue weighted by molar-refractivity contribution is -0.418. The number of allylic oxidation sites excluding steroid dienone is 2. The zero-order chi connectivity index (χ0) is 14.9. The van der Waals surface area contributed by atoms with Gasteiger partial charge in [-0.2, -0.15) is 0 Å². The van der Waals surface area contributed by atoms with Gasteiger partial charge in [0.05, 0.1) is 6.72 Å². The summed E-state index contributed by atoms with van der Waals surface area (Å²) in [5.41, 5.74) is 5.27. The minimum Gasteiger partial charge on any atom is -0.255 e. The lowest BCUT2D eigenvalue weighted by Gasteiger charge is -2.24. The summed E-state index contributed by atoms with van der Waals surface area (Å²) in [7, 11) is -1.08. The van der Waals surface area contributed by atoms with Crippen LogP contribution < -0.4 is 0 Å². The molecule has 0 aromatic heterocycles. The van der Waals surface area contributed by atoms with Crippen molar-refractivity contribution in [3.05, 3.63) is 64.9 Å². The van der Waals surface area contributed by atoms with Gasteiger partial charge in [-0.05, 0) is 30.2 Å². The van der Waals surface area contributed by atoms with Crippen molar-refractivity contribution in [1.29, 1.82) is 0 Å². The van der Waals surface area contributed by atoms with Gasteiger partial charge in [0.15, 0.2) is 0 Å².